The van der Waals surface area contributed by atoms with Gasteiger partial charge in [0.1, 0.15) is 81.0 Å². The Hall–Kier alpha value is -2.98. The molecule has 0 aliphatic heterocycles. The lowest BCUT2D eigenvalue weighted by Crippen LogP contribution is -2.32. The van der Waals surface area contributed by atoms with Crippen molar-refractivity contribution >= 4 is 73.2 Å². The summed E-state index contributed by atoms with van der Waals surface area (Å²) in [6.45, 7) is -2.26. The summed E-state index contributed by atoms with van der Waals surface area (Å²) in [5.41, 5.74) is -2.68. The fourth-order valence-electron chi connectivity index (χ4n) is 3.19. The molecular formula is C24H11F6I2O9S-. The van der Waals surface area contributed by atoms with Crippen molar-refractivity contribution in [3.63, 3.8) is 0 Å². The average molecular weight is 843 g/mol. The zero-order valence-corrected chi connectivity index (χ0v) is 25.2. The normalized spacial score (nSPS) is 11.4. The zero-order chi connectivity index (χ0) is 31.5. The molecule has 0 spiro atoms. The molecule has 0 aliphatic rings. The standard InChI is InChI=1S/C24H12F6I2O9S/c25-10-1-13(27)19(14(28)2-10)23(34)39-7-9(8-40-24(35)20-15(29)3-11(26)4-16(20)30)22(33)41-12-5-17(31)21(18(32)6-12)42(36,37)38/h1-6,9H,7-8H2,(H,36,37,38)/p-1. The van der Waals surface area contributed by atoms with E-state index in [1.54, 1.807) is 0 Å². The average Bonchev–Trinajstić information content (AvgIpc) is 2.81. The lowest BCUT2D eigenvalue weighted by molar-refractivity contribution is -0.141. The van der Waals surface area contributed by atoms with Crippen LogP contribution in [0.1, 0.15) is 20.7 Å². The van der Waals surface area contributed by atoms with Crippen molar-refractivity contribution < 1.29 is 67.9 Å². The second-order valence-electron chi connectivity index (χ2n) is 7.97. The molecule has 3 aromatic rings. The van der Waals surface area contributed by atoms with E-state index >= 15 is 0 Å². The van der Waals surface area contributed by atoms with E-state index < -0.39 is 98.1 Å². The van der Waals surface area contributed by atoms with Gasteiger partial charge < -0.3 is 18.8 Å². The second-order valence-corrected chi connectivity index (χ2v) is 11.6. The molecule has 42 heavy (non-hydrogen) atoms. The maximum absolute atomic E-state index is 14.0. The predicted octanol–water partition coefficient (Wildman–Crippen LogP) is 4.87. The van der Waals surface area contributed by atoms with Crippen LogP contribution in [0.3, 0.4) is 0 Å². The summed E-state index contributed by atoms with van der Waals surface area (Å²) in [5, 5.41) is 0. The minimum atomic E-state index is -4.92. The summed E-state index contributed by atoms with van der Waals surface area (Å²) in [4.78, 5) is 36.8. The molecule has 0 radical (unpaired) electrons. The second kappa shape index (κ2) is 13.5. The van der Waals surface area contributed by atoms with Crippen molar-refractivity contribution in [3.05, 3.63) is 89.6 Å². The largest absolute Gasteiger partial charge is 0.744 e. The first-order chi connectivity index (χ1) is 19.5. The molecule has 0 fully saturated rings. The molecule has 0 heterocycles. The van der Waals surface area contributed by atoms with Crippen LogP contribution in [0.25, 0.3) is 0 Å². The first-order valence-corrected chi connectivity index (χ1v) is 14.4. The number of carbonyl (C=O) groups is 3. The van der Waals surface area contributed by atoms with E-state index in [0.29, 0.717) is 0 Å². The Morgan fingerprint density at radius 2 is 1.07 bits per heavy atom. The van der Waals surface area contributed by atoms with Gasteiger partial charge in [0.25, 0.3) is 0 Å². The fraction of sp³-hybridized carbons (Fsp3) is 0.125. The molecule has 0 N–H and O–H groups in total. The molecule has 0 amide bonds. The number of carbonyl (C=O) groups excluding carboxylic acids is 3. The van der Waals surface area contributed by atoms with Gasteiger partial charge in [-0.3, -0.25) is 4.79 Å². The van der Waals surface area contributed by atoms with Gasteiger partial charge in [-0.15, -0.1) is 0 Å². The van der Waals surface area contributed by atoms with Gasteiger partial charge in [-0.2, -0.15) is 0 Å². The Labute approximate surface area is 259 Å². The number of benzene rings is 3. The van der Waals surface area contributed by atoms with Crippen LogP contribution in [-0.4, -0.2) is 44.1 Å². The first-order valence-electron chi connectivity index (χ1n) is 10.8. The Bertz CT molecular complexity index is 1560. The zero-order valence-electron chi connectivity index (χ0n) is 20.1. The van der Waals surface area contributed by atoms with Gasteiger partial charge in [-0.05, 0) is 57.3 Å². The molecule has 0 saturated heterocycles. The molecule has 0 unspecified atom stereocenters. The van der Waals surface area contributed by atoms with Crippen molar-refractivity contribution in [2.24, 2.45) is 5.92 Å². The van der Waals surface area contributed by atoms with Crippen LogP contribution >= 0.6 is 45.2 Å². The van der Waals surface area contributed by atoms with Crippen LogP contribution in [0.4, 0.5) is 26.3 Å². The molecule has 0 aromatic heterocycles. The summed E-state index contributed by atoms with van der Waals surface area (Å²) < 4.78 is 131. The van der Waals surface area contributed by atoms with Crippen LogP contribution in [0.15, 0.2) is 41.3 Å². The van der Waals surface area contributed by atoms with E-state index in [4.69, 9.17) is 14.2 Å². The molecular weight excluding hydrogens is 832 g/mol. The van der Waals surface area contributed by atoms with Crippen molar-refractivity contribution in [2.75, 3.05) is 13.2 Å². The van der Waals surface area contributed by atoms with Crippen molar-refractivity contribution in [1.82, 2.24) is 0 Å². The van der Waals surface area contributed by atoms with E-state index in [-0.39, 0.29) is 37.2 Å². The summed E-state index contributed by atoms with van der Waals surface area (Å²) in [7, 11) is -4.92. The Morgan fingerprint density at radius 3 is 1.40 bits per heavy atom. The van der Waals surface area contributed by atoms with Crippen molar-refractivity contribution in [1.29, 1.82) is 0 Å². The quantitative estimate of drug-likeness (QED) is 0.0973. The molecule has 3 aromatic carbocycles. The third kappa shape index (κ3) is 8.10. The summed E-state index contributed by atoms with van der Waals surface area (Å²) in [6, 6.07) is 2.63. The van der Waals surface area contributed by atoms with Crippen LogP contribution in [-0.2, 0) is 24.4 Å². The summed E-state index contributed by atoms with van der Waals surface area (Å²) >= 11 is 2.94. The van der Waals surface area contributed by atoms with E-state index in [9.17, 15) is 53.7 Å². The van der Waals surface area contributed by atoms with E-state index in [1.165, 1.54) is 45.2 Å². The maximum atomic E-state index is 14.0. The topological polar surface area (TPSA) is 136 Å². The van der Waals surface area contributed by atoms with Gasteiger partial charge in [-0.25, -0.2) is 44.3 Å². The van der Waals surface area contributed by atoms with Crippen LogP contribution in [0.2, 0.25) is 0 Å². The van der Waals surface area contributed by atoms with E-state index in [2.05, 4.69) is 0 Å². The minimum absolute atomic E-state index is 0.156. The number of ether oxygens (including phenoxy) is 3. The van der Waals surface area contributed by atoms with Crippen molar-refractivity contribution in [2.45, 2.75) is 4.90 Å². The molecule has 224 valence electrons. The first kappa shape index (κ1) is 33.5. The summed E-state index contributed by atoms with van der Waals surface area (Å²) in [5.74, 6) is -16.3. The molecule has 0 aliphatic carbocycles. The Kier molecular flexibility index (Phi) is 10.8. The third-order valence-electron chi connectivity index (χ3n) is 5.03. The monoisotopic (exact) mass is 843 g/mol. The van der Waals surface area contributed by atoms with Gasteiger partial charge in [0.15, 0.2) is 0 Å². The highest BCUT2D eigenvalue weighted by atomic mass is 127. The van der Waals surface area contributed by atoms with Gasteiger partial charge >= 0.3 is 17.9 Å². The van der Waals surface area contributed by atoms with Crippen LogP contribution in [0, 0.1) is 48.0 Å². The SMILES string of the molecule is O=C(OCC(COC(=O)c1c(F)cc(F)cc1F)C(=O)Oc1cc(I)c(S(=O)(=O)[O-])c(I)c1)c1c(F)cc(F)cc1F. The predicted molar refractivity (Wildman–Crippen MR) is 142 cm³/mol. The Morgan fingerprint density at radius 1 is 0.714 bits per heavy atom. The number of halogens is 8. The van der Waals surface area contributed by atoms with Gasteiger partial charge in [-0.1, -0.05) is 0 Å². The number of rotatable bonds is 9. The highest BCUT2D eigenvalue weighted by molar-refractivity contribution is 14.1. The Balaban J connectivity index is 1.87. The lowest BCUT2D eigenvalue weighted by atomic mass is 10.1. The van der Waals surface area contributed by atoms with Crippen LogP contribution < -0.4 is 4.74 Å². The highest BCUT2D eigenvalue weighted by Crippen LogP contribution is 2.30. The number of hydrogen-bond donors (Lipinski definition) is 0. The third-order valence-corrected chi connectivity index (χ3v) is 8.40. The molecule has 0 atom stereocenters. The van der Waals surface area contributed by atoms with Gasteiger partial charge in [0.2, 0.25) is 0 Å². The minimum Gasteiger partial charge on any atom is -0.744 e. The van der Waals surface area contributed by atoms with Crippen molar-refractivity contribution in [3.8, 4) is 5.75 Å². The smallest absolute Gasteiger partial charge is 0.344 e. The molecule has 0 bridgehead atoms. The summed E-state index contributed by atoms with van der Waals surface area (Å²) in [6.07, 6.45) is 0. The highest BCUT2D eigenvalue weighted by Gasteiger charge is 2.29. The molecule has 18 heteroatoms. The van der Waals surface area contributed by atoms with Gasteiger partial charge in [0, 0.05) is 31.4 Å². The molecule has 3 rings (SSSR count). The fourth-order valence-corrected chi connectivity index (χ4v) is 7.11. The molecule has 0 saturated carbocycles. The molecule has 9 nitrogen and oxygen atoms in total. The van der Waals surface area contributed by atoms with E-state index in [0.717, 1.165) is 12.1 Å². The van der Waals surface area contributed by atoms with E-state index in [1.807, 2.05) is 0 Å². The maximum Gasteiger partial charge on any atom is 0.344 e. The number of esters is 3. The van der Waals surface area contributed by atoms with Gasteiger partial charge in [0.05, 0.1) is 4.90 Å². The lowest BCUT2D eigenvalue weighted by Gasteiger charge is -2.18. The van der Waals surface area contributed by atoms with Crippen LogP contribution in [0.5, 0.6) is 5.75 Å². The number of hydrogen-bond acceptors (Lipinski definition) is 9.